The number of carbonyl (C=O) groups is 1. The summed E-state index contributed by atoms with van der Waals surface area (Å²) in [7, 11) is -3.74. The number of fused-ring (bicyclic) bond motifs is 2. The van der Waals surface area contributed by atoms with Gasteiger partial charge in [0.2, 0.25) is 15.5 Å². The van der Waals surface area contributed by atoms with Crippen molar-refractivity contribution in [1.29, 1.82) is 0 Å². The molecule has 4 aromatic rings. The first-order valence-corrected chi connectivity index (χ1v) is 13.8. The van der Waals surface area contributed by atoms with E-state index in [9.17, 15) is 23.1 Å². The second-order valence-corrected chi connectivity index (χ2v) is 12.0. The van der Waals surface area contributed by atoms with E-state index < -0.39 is 27.2 Å². The summed E-state index contributed by atoms with van der Waals surface area (Å²) in [5.74, 6) is -1.98. The number of hydrogen-bond acceptors (Lipinski definition) is 4. The van der Waals surface area contributed by atoms with Gasteiger partial charge in [-0.15, -0.1) is 0 Å². The van der Waals surface area contributed by atoms with Crippen molar-refractivity contribution in [2.75, 3.05) is 0 Å². The van der Waals surface area contributed by atoms with Crippen LogP contribution in [0.3, 0.4) is 0 Å². The predicted molar refractivity (Wildman–Crippen MR) is 141 cm³/mol. The second-order valence-electron chi connectivity index (χ2n) is 10.1. The van der Waals surface area contributed by atoms with E-state index in [4.69, 9.17) is 0 Å². The van der Waals surface area contributed by atoms with Crippen LogP contribution in [-0.2, 0) is 16.6 Å². The molecule has 0 saturated heterocycles. The van der Waals surface area contributed by atoms with Gasteiger partial charge in [0, 0.05) is 35.8 Å². The number of carboxylic acid groups (broad SMARTS) is 1. The summed E-state index contributed by atoms with van der Waals surface area (Å²) in [6, 6.07) is 14.5. The molecule has 194 valence electrons. The van der Waals surface area contributed by atoms with E-state index >= 15 is 4.39 Å². The molecule has 3 aromatic carbocycles. The van der Waals surface area contributed by atoms with E-state index in [1.54, 1.807) is 47.0 Å². The molecule has 9 heteroatoms. The fourth-order valence-corrected chi connectivity index (χ4v) is 6.90. The van der Waals surface area contributed by atoms with Crippen LogP contribution in [0.4, 0.5) is 4.39 Å². The minimum absolute atomic E-state index is 0.0307. The zero-order valence-corrected chi connectivity index (χ0v) is 21.6. The monoisotopic (exact) mass is 532 g/mol. The highest BCUT2D eigenvalue weighted by Crippen LogP contribution is 2.41. The summed E-state index contributed by atoms with van der Waals surface area (Å²) < 4.78 is 45.4. The smallest absolute Gasteiger partial charge is 0.341 e. The molecule has 0 bridgehead atoms. The summed E-state index contributed by atoms with van der Waals surface area (Å²) in [5.41, 5.74) is 2.82. The molecule has 1 fully saturated rings. The molecule has 7 nitrogen and oxygen atoms in total. The largest absolute Gasteiger partial charge is 0.477 e. The highest BCUT2D eigenvalue weighted by Gasteiger charge is 2.36. The normalized spacial score (nSPS) is 17.6. The molecule has 1 saturated carbocycles. The minimum atomic E-state index is -3.74. The van der Waals surface area contributed by atoms with E-state index in [2.05, 4.69) is 0 Å². The Bertz CT molecular complexity index is 1810. The summed E-state index contributed by atoms with van der Waals surface area (Å²) in [5, 5.41) is 9.51. The fourth-order valence-electron chi connectivity index (χ4n) is 5.31. The number of halogens is 1. The lowest BCUT2D eigenvalue weighted by atomic mass is 9.97. The number of aromatic carboxylic acids is 1. The van der Waals surface area contributed by atoms with Gasteiger partial charge in [0.15, 0.2) is 0 Å². The third kappa shape index (κ3) is 3.85. The van der Waals surface area contributed by atoms with Crippen LogP contribution in [-0.4, -0.2) is 28.4 Å². The van der Waals surface area contributed by atoms with E-state index in [-0.39, 0.29) is 40.0 Å². The Kier molecular flexibility index (Phi) is 5.55. The fraction of sp³-hybridized carbons (Fsp3) is 0.241. The third-order valence-electron chi connectivity index (χ3n) is 7.58. The lowest BCUT2D eigenvalue weighted by molar-refractivity contribution is 0.0694. The van der Waals surface area contributed by atoms with Crippen LogP contribution in [0.2, 0.25) is 0 Å². The van der Waals surface area contributed by atoms with Crippen molar-refractivity contribution < 1.29 is 22.7 Å². The molecule has 2 aliphatic rings. The van der Waals surface area contributed by atoms with Crippen molar-refractivity contribution in [3.05, 3.63) is 99.1 Å². The standard InChI is InChI=1S/C29H25FN2O5S/c1-16-3-8-21(9-4-16)38(36,37)32-14-19-11-18(5-10-22(19)17(32)2)23-13-27-24(12-26(23)30)28(33)25(29(34)35)15-31(27)20-6-7-20/h3-5,8-13,15,17,20H,6-7,14H2,1-2H3,(H,34,35). The highest BCUT2D eigenvalue weighted by atomic mass is 32.2. The summed E-state index contributed by atoms with van der Waals surface area (Å²) in [6.45, 7) is 3.89. The zero-order valence-electron chi connectivity index (χ0n) is 20.8. The molecule has 1 aliphatic heterocycles. The van der Waals surface area contributed by atoms with Crippen LogP contribution in [0.15, 0.2) is 70.5 Å². The Morgan fingerprint density at radius 3 is 2.42 bits per heavy atom. The van der Waals surface area contributed by atoms with Gasteiger partial charge < -0.3 is 9.67 Å². The summed E-state index contributed by atoms with van der Waals surface area (Å²) in [6.07, 6.45) is 3.06. The van der Waals surface area contributed by atoms with Crippen LogP contribution in [0.1, 0.15) is 58.9 Å². The van der Waals surface area contributed by atoms with Crippen molar-refractivity contribution in [1.82, 2.24) is 8.87 Å². The Morgan fingerprint density at radius 2 is 1.76 bits per heavy atom. The molecule has 38 heavy (non-hydrogen) atoms. The third-order valence-corrected chi connectivity index (χ3v) is 9.51. The molecular formula is C29H25FN2O5S. The summed E-state index contributed by atoms with van der Waals surface area (Å²) in [4.78, 5) is 24.6. The number of nitrogens with zero attached hydrogens (tertiary/aromatic N) is 2. The lowest BCUT2D eigenvalue weighted by Crippen LogP contribution is -2.28. The number of aromatic nitrogens is 1. The molecule has 2 heterocycles. The first kappa shape index (κ1) is 24.5. The number of hydrogen-bond donors (Lipinski definition) is 1. The number of pyridine rings is 1. The van der Waals surface area contributed by atoms with E-state index in [0.29, 0.717) is 11.1 Å². The van der Waals surface area contributed by atoms with E-state index in [1.807, 2.05) is 19.9 Å². The topological polar surface area (TPSA) is 96.7 Å². The first-order valence-electron chi connectivity index (χ1n) is 12.4. The maximum Gasteiger partial charge on any atom is 0.341 e. The molecule has 1 N–H and O–H groups in total. The van der Waals surface area contributed by atoms with Gasteiger partial charge in [0.05, 0.1) is 10.4 Å². The van der Waals surface area contributed by atoms with E-state index in [1.165, 1.54) is 10.5 Å². The van der Waals surface area contributed by atoms with Gasteiger partial charge in [0.1, 0.15) is 11.4 Å². The molecule has 0 radical (unpaired) electrons. The molecule has 6 rings (SSSR count). The van der Waals surface area contributed by atoms with Crippen molar-refractivity contribution >= 4 is 26.9 Å². The molecule has 0 spiro atoms. The van der Waals surface area contributed by atoms with E-state index in [0.717, 1.165) is 35.6 Å². The molecule has 0 amide bonds. The minimum Gasteiger partial charge on any atom is -0.477 e. The SMILES string of the molecule is Cc1ccc(S(=O)(=O)N2Cc3cc(-c4cc5c(cc4F)c(=O)c(C(=O)O)cn5C4CC4)ccc3C2C)cc1. The first-order chi connectivity index (χ1) is 18.1. The van der Waals surface area contributed by atoms with Gasteiger partial charge in [-0.05, 0) is 73.7 Å². The van der Waals surface area contributed by atoms with Crippen LogP contribution < -0.4 is 5.43 Å². The van der Waals surface area contributed by atoms with Gasteiger partial charge in [0.25, 0.3) is 0 Å². The predicted octanol–water partition coefficient (Wildman–Crippen LogP) is 5.41. The second kappa shape index (κ2) is 8.61. The number of benzene rings is 3. The number of rotatable bonds is 5. The average molecular weight is 533 g/mol. The van der Waals surface area contributed by atoms with Crippen LogP contribution in [0.5, 0.6) is 0 Å². The molecule has 1 unspecified atom stereocenters. The van der Waals surface area contributed by atoms with Gasteiger partial charge in [-0.1, -0.05) is 29.8 Å². The van der Waals surface area contributed by atoms with Crippen LogP contribution >= 0.6 is 0 Å². The van der Waals surface area contributed by atoms with Gasteiger partial charge >= 0.3 is 5.97 Å². The number of aryl methyl sites for hydroxylation is 1. The van der Waals surface area contributed by atoms with Gasteiger partial charge in [-0.25, -0.2) is 17.6 Å². The van der Waals surface area contributed by atoms with Crippen molar-refractivity contribution in [3.8, 4) is 11.1 Å². The molecule has 1 aromatic heterocycles. The average Bonchev–Trinajstić information content (AvgIpc) is 3.67. The lowest BCUT2D eigenvalue weighted by Gasteiger charge is -2.21. The quantitative estimate of drug-likeness (QED) is 0.371. The molecule has 1 atom stereocenters. The van der Waals surface area contributed by atoms with Crippen molar-refractivity contribution in [3.63, 3.8) is 0 Å². The maximum atomic E-state index is 15.4. The van der Waals surface area contributed by atoms with Crippen molar-refractivity contribution in [2.24, 2.45) is 0 Å². The molecular weight excluding hydrogens is 507 g/mol. The van der Waals surface area contributed by atoms with Crippen LogP contribution in [0, 0.1) is 12.7 Å². The number of sulfonamides is 1. The van der Waals surface area contributed by atoms with Crippen LogP contribution in [0.25, 0.3) is 22.0 Å². The number of carboxylic acids is 1. The Morgan fingerprint density at radius 1 is 1.05 bits per heavy atom. The Hall–Kier alpha value is -3.82. The Labute approximate surface area is 218 Å². The zero-order chi connectivity index (χ0) is 26.9. The Balaban J connectivity index is 1.43. The molecule has 1 aliphatic carbocycles. The van der Waals surface area contributed by atoms with Crippen molar-refractivity contribution in [2.45, 2.75) is 50.2 Å². The van der Waals surface area contributed by atoms with Gasteiger partial charge in [-0.2, -0.15) is 4.31 Å². The van der Waals surface area contributed by atoms with Gasteiger partial charge in [-0.3, -0.25) is 4.79 Å². The highest BCUT2D eigenvalue weighted by molar-refractivity contribution is 7.89. The summed E-state index contributed by atoms with van der Waals surface area (Å²) >= 11 is 0. The maximum absolute atomic E-state index is 15.4.